The molecular formula is C10H16O. The van der Waals surface area contributed by atoms with Gasteiger partial charge in [0.05, 0.1) is 6.10 Å². The van der Waals surface area contributed by atoms with Crippen LogP contribution in [0.4, 0.5) is 0 Å². The van der Waals surface area contributed by atoms with Crippen molar-refractivity contribution in [2.75, 3.05) is 0 Å². The SMILES string of the molecule is C#CC[C@@H](O)C1CCCCC1. The second kappa shape index (κ2) is 4.41. The van der Waals surface area contributed by atoms with Crippen LogP contribution in [0.2, 0.25) is 0 Å². The average molecular weight is 152 g/mol. The van der Waals surface area contributed by atoms with Crippen LogP contribution in [0.25, 0.3) is 0 Å². The van der Waals surface area contributed by atoms with Crippen molar-refractivity contribution >= 4 is 0 Å². The summed E-state index contributed by atoms with van der Waals surface area (Å²) in [7, 11) is 0. The third-order valence-electron chi connectivity index (χ3n) is 2.52. The minimum atomic E-state index is -0.236. The zero-order valence-corrected chi connectivity index (χ0v) is 6.92. The number of hydrogen-bond donors (Lipinski definition) is 1. The highest BCUT2D eigenvalue weighted by atomic mass is 16.3. The quantitative estimate of drug-likeness (QED) is 0.600. The Balaban J connectivity index is 2.27. The van der Waals surface area contributed by atoms with Crippen molar-refractivity contribution in [3.05, 3.63) is 0 Å². The molecule has 1 saturated carbocycles. The van der Waals surface area contributed by atoms with Crippen LogP contribution >= 0.6 is 0 Å². The van der Waals surface area contributed by atoms with E-state index in [1.165, 1.54) is 32.1 Å². The van der Waals surface area contributed by atoms with Crippen molar-refractivity contribution in [2.24, 2.45) is 5.92 Å². The van der Waals surface area contributed by atoms with Crippen molar-refractivity contribution in [3.8, 4) is 12.3 Å². The highest BCUT2D eigenvalue weighted by Gasteiger charge is 2.20. The van der Waals surface area contributed by atoms with E-state index in [-0.39, 0.29) is 6.10 Å². The zero-order chi connectivity index (χ0) is 8.10. The third-order valence-corrected chi connectivity index (χ3v) is 2.52. The number of rotatable bonds is 2. The molecule has 0 radical (unpaired) electrons. The van der Waals surface area contributed by atoms with Crippen LogP contribution in [0.5, 0.6) is 0 Å². The number of aliphatic hydroxyl groups is 1. The van der Waals surface area contributed by atoms with E-state index in [0.717, 1.165) is 0 Å². The lowest BCUT2D eigenvalue weighted by atomic mass is 9.84. The van der Waals surface area contributed by atoms with Gasteiger partial charge in [-0.15, -0.1) is 12.3 Å². The van der Waals surface area contributed by atoms with E-state index >= 15 is 0 Å². The smallest absolute Gasteiger partial charge is 0.0677 e. The molecule has 0 unspecified atom stereocenters. The fourth-order valence-electron chi connectivity index (χ4n) is 1.81. The summed E-state index contributed by atoms with van der Waals surface area (Å²) >= 11 is 0. The number of hydrogen-bond acceptors (Lipinski definition) is 1. The molecule has 0 aromatic heterocycles. The van der Waals surface area contributed by atoms with Crippen LogP contribution < -0.4 is 0 Å². The van der Waals surface area contributed by atoms with Gasteiger partial charge < -0.3 is 5.11 Å². The van der Waals surface area contributed by atoms with Gasteiger partial charge in [0.2, 0.25) is 0 Å². The van der Waals surface area contributed by atoms with Crippen molar-refractivity contribution in [2.45, 2.75) is 44.6 Å². The normalized spacial score (nSPS) is 22.5. The molecule has 0 aromatic rings. The lowest BCUT2D eigenvalue weighted by Gasteiger charge is -2.25. The molecule has 0 heterocycles. The van der Waals surface area contributed by atoms with Crippen molar-refractivity contribution in [1.82, 2.24) is 0 Å². The lowest BCUT2D eigenvalue weighted by molar-refractivity contribution is 0.0892. The van der Waals surface area contributed by atoms with Gasteiger partial charge in [0.25, 0.3) is 0 Å². The molecule has 1 fully saturated rings. The summed E-state index contributed by atoms with van der Waals surface area (Å²) in [6.07, 6.45) is 11.6. The molecule has 0 aliphatic heterocycles. The predicted octanol–water partition coefficient (Wildman–Crippen LogP) is 1.95. The Morgan fingerprint density at radius 2 is 2.00 bits per heavy atom. The molecule has 1 rings (SSSR count). The molecule has 0 saturated heterocycles. The van der Waals surface area contributed by atoms with Gasteiger partial charge in [-0.3, -0.25) is 0 Å². The predicted molar refractivity (Wildman–Crippen MR) is 46.0 cm³/mol. The summed E-state index contributed by atoms with van der Waals surface area (Å²) in [5, 5.41) is 9.53. The van der Waals surface area contributed by atoms with E-state index in [1.54, 1.807) is 0 Å². The summed E-state index contributed by atoms with van der Waals surface area (Å²) in [6, 6.07) is 0. The Bertz CT molecular complexity index is 139. The highest BCUT2D eigenvalue weighted by molar-refractivity contribution is 4.89. The van der Waals surface area contributed by atoms with Gasteiger partial charge >= 0.3 is 0 Å². The summed E-state index contributed by atoms with van der Waals surface area (Å²) in [5.74, 6) is 3.00. The Morgan fingerprint density at radius 1 is 1.36 bits per heavy atom. The van der Waals surface area contributed by atoms with Gasteiger partial charge in [0, 0.05) is 6.42 Å². The second-order valence-corrected chi connectivity index (χ2v) is 3.37. The van der Waals surface area contributed by atoms with Crippen molar-refractivity contribution < 1.29 is 5.11 Å². The summed E-state index contributed by atoms with van der Waals surface area (Å²) in [6.45, 7) is 0. The first-order valence-corrected chi connectivity index (χ1v) is 4.46. The van der Waals surface area contributed by atoms with Crippen LogP contribution in [-0.4, -0.2) is 11.2 Å². The monoisotopic (exact) mass is 152 g/mol. The van der Waals surface area contributed by atoms with Crippen LogP contribution in [0, 0.1) is 18.3 Å². The standard InChI is InChI=1S/C10H16O/c1-2-6-10(11)9-7-4-3-5-8-9/h1,9-11H,3-8H2/t10-/m1/s1. The molecule has 1 aliphatic rings. The Hall–Kier alpha value is -0.480. The van der Waals surface area contributed by atoms with Crippen molar-refractivity contribution in [1.29, 1.82) is 0 Å². The largest absolute Gasteiger partial charge is 0.392 e. The minimum absolute atomic E-state index is 0.236. The van der Waals surface area contributed by atoms with E-state index < -0.39 is 0 Å². The Labute approximate surface area is 68.8 Å². The summed E-state index contributed by atoms with van der Waals surface area (Å²) in [5.41, 5.74) is 0. The van der Waals surface area contributed by atoms with Gasteiger partial charge in [-0.05, 0) is 18.8 Å². The average Bonchev–Trinajstić information content (AvgIpc) is 2.07. The topological polar surface area (TPSA) is 20.2 Å². The van der Waals surface area contributed by atoms with E-state index in [4.69, 9.17) is 6.42 Å². The molecule has 0 bridgehead atoms. The first-order valence-electron chi connectivity index (χ1n) is 4.46. The maximum atomic E-state index is 9.53. The van der Waals surface area contributed by atoms with Gasteiger partial charge in [-0.25, -0.2) is 0 Å². The molecule has 1 aliphatic carbocycles. The number of aliphatic hydroxyl groups excluding tert-OH is 1. The maximum absolute atomic E-state index is 9.53. The molecule has 0 spiro atoms. The van der Waals surface area contributed by atoms with Gasteiger partial charge in [0.15, 0.2) is 0 Å². The van der Waals surface area contributed by atoms with E-state index in [0.29, 0.717) is 12.3 Å². The molecule has 0 amide bonds. The third kappa shape index (κ3) is 2.55. The molecule has 1 heteroatoms. The minimum Gasteiger partial charge on any atom is -0.392 e. The molecular weight excluding hydrogens is 136 g/mol. The molecule has 1 nitrogen and oxygen atoms in total. The first-order chi connectivity index (χ1) is 5.34. The Kier molecular flexibility index (Phi) is 3.45. The van der Waals surface area contributed by atoms with E-state index in [2.05, 4.69) is 5.92 Å². The maximum Gasteiger partial charge on any atom is 0.0677 e. The molecule has 62 valence electrons. The molecule has 11 heavy (non-hydrogen) atoms. The first kappa shape index (κ1) is 8.62. The fourth-order valence-corrected chi connectivity index (χ4v) is 1.81. The van der Waals surface area contributed by atoms with E-state index in [9.17, 15) is 5.11 Å². The highest BCUT2D eigenvalue weighted by Crippen LogP contribution is 2.27. The van der Waals surface area contributed by atoms with Gasteiger partial charge in [-0.1, -0.05) is 19.3 Å². The molecule has 0 aromatic carbocycles. The van der Waals surface area contributed by atoms with Crippen LogP contribution in [0.1, 0.15) is 38.5 Å². The van der Waals surface area contributed by atoms with Crippen molar-refractivity contribution in [3.63, 3.8) is 0 Å². The van der Waals surface area contributed by atoms with Crippen LogP contribution in [0.15, 0.2) is 0 Å². The number of terminal acetylenes is 1. The zero-order valence-electron chi connectivity index (χ0n) is 6.92. The van der Waals surface area contributed by atoms with Crippen LogP contribution in [-0.2, 0) is 0 Å². The van der Waals surface area contributed by atoms with Gasteiger partial charge in [-0.2, -0.15) is 0 Å². The lowest BCUT2D eigenvalue weighted by Crippen LogP contribution is -2.22. The van der Waals surface area contributed by atoms with Gasteiger partial charge in [0.1, 0.15) is 0 Å². The van der Waals surface area contributed by atoms with E-state index in [1.807, 2.05) is 0 Å². The molecule has 1 N–H and O–H groups in total. The Morgan fingerprint density at radius 3 is 2.55 bits per heavy atom. The second-order valence-electron chi connectivity index (χ2n) is 3.37. The van der Waals surface area contributed by atoms with Crippen LogP contribution in [0.3, 0.4) is 0 Å². The molecule has 1 atom stereocenters. The fraction of sp³-hybridized carbons (Fsp3) is 0.800. The summed E-state index contributed by atoms with van der Waals surface area (Å²) < 4.78 is 0. The summed E-state index contributed by atoms with van der Waals surface area (Å²) in [4.78, 5) is 0.